The van der Waals surface area contributed by atoms with Gasteiger partial charge in [0.2, 0.25) is 0 Å². The fourth-order valence-electron chi connectivity index (χ4n) is 1.32. The molecule has 2 N–H and O–H groups in total. The summed E-state index contributed by atoms with van der Waals surface area (Å²) < 4.78 is 0. The lowest BCUT2D eigenvalue weighted by molar-refractivity contribution is 0.274. The third kappa shape index (κ3) is 4.73. The van der Waals surface area contributed by atoms with Crippen LogP contribution in [0.15, 0.2) is 0 Å². The molecule has 0 radical (unpaired) electrons. The van der Waals surface area contributed by atoms with Gasteiger partial charge in [-0.2, -0.15) is 0 Å². The van der Waals surface area contributed by atoms with Crippen molar-refractivity contribution in [1.29, 1.82) is 0 Å². The molecule has 2 heteroatoms. The SMILES string of the molecule is CCCN(C)C[C@@H](N)[C@@H](C)CC. The average Bonchev–Trinajstić information content (AvgIpc) is 2.03. The predicted molar refractivity (Wildman–Crippen MR) is 55.2 cm³/mol. The molecule has 0 aliphatic carbocycles. The van der Waals surface area contributed by atoms with Crippen LogP contribution in [0.4, 0.5) is 0 Å². The van der Waals surface area contributed by atoms with E-state index in [-0.39, 0.29) is 0 Å². The van der Waals surface area contributed by atoms with E-state index < -0.39 is 0 Å². The van der Waals surface area contributed by atoms with Gasteiger partial charge in [-0.25, -0.2) is 0 Å². The number of nitrogens with two attached hydrogens (primary N) is 1. The highest BCUT2D eigenvalue weighted by molar-refractivity contribution is 4.71. The van der Waals surface area contributed by atoms with Crippen molar-refractivity contribution in [3.63, 3.8) is 0 Å². The first kappa shape index (κ1) is 11.9. The highest BCUT2D eigenvalue weighted by Gasteiger charge is 2.11. The second kappa shape index (κ2) is 6.44. The number of nitrogens with zero attached hydrogens (tertiary/aromatic N) is 1. The maximum Gasteiger partial charge on any atom is 0.0193 e. The molecule has 0 rings (SSSR count). The number of hydrogen-bond donors (Lipinski definition) is 1. The predicted octanol–water partition coefficient (Wildman–Crippen LogP) is 1.70. The van der Waals surface area contributed by atoms with E-state index in [0.29, 0.717) is 12.0 Å². The van der Waals surface area contributed by atoms with E-state index in [2.05, 4.69) is 32.7 Å². The van der Waals surface area contributed by atoms with E-state index in [9.17, 15) is 0 Å². The smallest absolute Gasteiger partial charge is 0.0193 e. The maximum atomic E-state index is 6.02. The Morgan fingerprint density at radius 2 is 1.92 bits per heavy atom. The van der Waals surface area contributed by atoms with Gasteiger partial charge >= 0.3 is 0 Å². The molecule has 0 fully saturated rings. The van der Waals surface area contributed by atoms with Crippen molar-refractivity contribution in [2.75, 3.05) is 20.1 Å². The molecule has 0 heterocycles. The largest absolute Gasteiger partial charge is 0.326 e. The first-order valence-corrected chi connectivity index (χ1v) is 5.05. The zero-order valence-corrected chi connectivity index (χ0v) is 9.01. The second-order valence-corrected chi connectivity index (χ2v) is 3.81. The van der Waals surface area contributed by atoms with Gasteiger partial charge in [0.25, 0.3) is 0 Å². The van der Waals surface area contributed by atoms with Crippen molar-refractivity contribution in [3.05, 3.63) is 0 Å². The fraction of sp³-hybridized carbons (Fsp3) is 1.00. The van der Waals surface area contributed by atoms with Gasteiger partial charge in [0.15, 0.2) is 0 Å². The number of rotatable bonds is 6. The molecule has 0 saturated heterocycles. The van der Waals surface area contributed by atoms with Crippen molar-refractivity contribution in [2.45, 2.75) is 39.7 Å². The molecule has 12 heavy (non-hydrogen) atoms. The van der Waals surface area contributed by atoms with Crippen molar-refractivity contribution in [2.24, 2.45) is 11.7 Å². The van der Waals surface area contributed by atoms with Crippen LogP contribution in [0.2, 0.25) is 0 Å². The van der Waals surface area contributed by atoms with Gasteiger partial charge in [-0.05, 0) is 25.9 Å². The summed E-state index contributed by atoms with van der Waals surface area (Å²) in [5.41, 5.74) is 6.02. The first-order chi connectivity index (χ1) is 5.61. The van der Waals surface area contributed by atoms with E-state index in [1.807, 2.05) is 0 Å². The molecule has 0 aliphatic rings. The van der Waals surface area contributed by atoms with E-state index in [1.54, 1.807) is 0 Å². The van der Waals surface area contributed by atoms with Gasteiger partial charge in [0, 0.05) is 12.6 Å². The van der Waals surface area contributed by atoms with Crippen LogP contribution in [0, 0.1) is 5.92 Å². The molecule has 2 atom stereocenters. The summed E-state index contributed by atoms with van der Waals surface area (Å²) in [4.78, 5) is 2.32. The minimum absolute atomic E-state index is 0.339. The van der Waals surface area contributed by atoms with Gasteiger partial charge in [-0.1, -0.05) is 27.2 Å². The third-order valence-corrected chi connectivity index (χ3v) is 2.50. The molecule has 2 nitrogen and oxygen atoms in total. The Morgan fingerprint density at radius 3 is 2.33 bits per heavy atom. The van der Waals surface area contributed by atoms with E-state index in [1.165, 1.54) is 12.8 Å². The monoisotopic (exact) mass is 172 g/mol. The fourth-order valence-corrected chi connectivity index (χ4v) is 1.32. The van der Waals surface area contributed by atoms with Gasteiger partial charge in [-0.3, -0.25) is 0 Å². The molecule has 0 unspecified atom stereocenters. The Balaban J connectivity index is 3.59. The quantitative estimate of drug-likeness (QED) is 0.661. The lowest BCUT2D eigenvalue weighted by atomic mass is 10.00. The van der Waals surface area contributed by atoms with Gasteiger partial charge < -0.3 is 10.6 Å². The average molecular weight is 172 g/mol. The van der Waals surface area contributed by atoms with E-state index in [0.717, 1.165) is 13.1 Å². The minimum Gasteiger partial charge on any atom is -0.326 e. The van der Waals surface area contributed by atoms with E-state index in [4.69, 9.17) is 5.73 Å². The van der Waals surface area contributed by atoms with Crippen LogP contribution in [0.5, 0.6) is 0 Å². The third-order valence-electron chi connectivity index (χ3n) is 2.50. The van der Waals surface area contributed by atoms with Crippen molar-refractivity contribution in [1.82, 2.24) is 4.90 Å². The molecule has 0 spiro atoms. The molecule has 0 aromatic rings. The lowest BCUT2D eigenvalue weighted by Gasteiger charge is -2.24. The Bertz CT molecular complexity index is 104. The maximum absolute atomic E-state index is 6.02. The summed E-state index contributed by atoms with van der Waals surface area (Å²) in [6, 6.07) is 0.339. The molecule has 0 aliphatic heterocycles. The standard InChI is InChI=1S/C10H24N2/c1-5-7-12(4)8-10(11)9(3)6-2/h9-10H,5-8,11H2,1-4H3/t9-,10+/m0/s1. The van der Waals surface area contributed by atoms with Crippen LogP contribution in [0.25, 0.3) is 0 Å². The minimum atomic E-state index is 0.339. The van der Waals surface area contributed by atoms with Gasteiger partial charge in [0.1, 0.15) is 0 Å². The Morgan fingerprint density at radius 1 is 1.33 bits per heavy atom. The van der Waals surface area contributed by atoms with E-state index >= 15 is 0 Å². The second-order valence-electron chi connectivity index (χ2n) is 3.81. The van der Waals surface area contributed by atoms with Crippen molar-refractivity contribution in [3.8, 4) is 0 Å². The molecule has 0 aromatic carbocycles. The summed E-state index contributed by atoms with van der Waals surface area (Å²) >= 11 is 0. The van der Waals surface area contributed by atoms with Gasteiger partial charge in [0.05, 0.1) is 0 Å². The van der Waals surface area contributed by atoms with Crippen LogP contribution < -0.4 is 5.73 Å². The van der Waals surface area contributed by atoms with Crippen molar-refractivity contribution >= 4 is 0 Å². The molecule has 74 valence electrons. The zero-order chi connectivity index (χ0) is 9.56. The highest BCUT2D eigenvalue weighted by Crippen LogP contribution is 2.06. The Kier molecular flexibility index (Phi) is 6.39. The highest BCUT2D eigenvalue weighted by atomic mass is 15.1. The molecule has 0 amide bonds. The van der Waals surface area contributed by atoms with Crippen LogP contribution in [-0.2, 0) is 0 Å². The molecule has 0 bridgehead atoms. The van der Waals surface area contributed by atoms with Crippen LogP contribution in [0.1, 0.15) is 33.6 Å². The zero-order valence-electron chi connectivity index (χ0n) is 9.01. The van der Waals surface area contributed by atoms with Crippen LogP contribution in [0.3, 0.4) is 0 Å². The topological polar surface area (TPSA) is 29.3 Å². The number of hydrogen-bond acceptors (Lipinski definition) is 2. The van der Waals surface area contributed by atoms with Crippen molar-refractivity contribution < 1.29 is 0 Å². The summed E-state index contributed by atoms with van der Waals surface area (Å²) in [5.74, 6) is 0.643. The summed E-state index contributed by atoms with van der Waals surface area (Å²) in [5, 5.41) is 0. The number of likely N-dealkylation sites (N-methyl/N-ethyl adjacent to an activating group) is 1. The first-order valence-electron chi connectivity index (χ1n) is 5.05. The molecule has 0 saturated carbocycles. The molecular formula is C10H24N2. The Labute approximate surface area is 77.1 Å². The molecule has 0 aromatic heterocycles. The summed E-state index contributed by atoms with van der Waals surface area (Å²) in [6.07, 6.45) is 2.39. The van der Waals surface area contributed by atoms with Gasteiger partial charge in [-0.15, -0.1) is 0 Å². The summed E-state index contributed by atoms with van der Waals surface area (Å²) in [7, 11) is 2.14. The van der Waals surface area contributed by atoms with Crippen LogP contribution in [-0.4, -0.2) is 31.1 Å². The lowest BCUT2D eigenvalue weighted by Crippen LogP contribution is -2.39. The Hall–Kier alpha value is -0.0800. The normalized spacial score (nSPS) is 16.5. The summed E-state index contributed by atoms with van der Waals surface area (Å²) in [6.45, 7) is 8.81. The van der Waals surface area contributed by atoms with Crippen LogP contribution >= 0.6 is 0 Å². The molecular weight excluding hydrogens is 148 g/mol.